The third-order valence-electron chi connectivity index (χ3n) is 5.74. The van der Waals surface area contributed by atoms with Gasteiger partial charge in [-0.2, -0.15) is 4.98 Å². The van der Waals surface area contributed by atoms with E-state index in [0.717, 1.165) is 41.6 Å². The van der Waals surface area contributed by atoms with Crippen molar-refractivity contribution in [1.29, 1.82) is 0 Å². The SMILES string of the molecule is Cc1nc(Nc2ncc(N3CCNC(C)C3)c(Nc3cn(C)nn3)n2)cc(C2CC2)c1Cl.Cl.Cl. The maximum atomic E-state index is 6.48. The monoisotopic (exact) mass is 526 g/mol. The van der Waals surface area contributed by atoms with Crippen LogP contribution in [0.2, 0.25) is 5.02 Å². The van der Waals surface area contributed by atoms with Gasteiger partial charge in [-0.25, -0.2) is 9.97 Å². The van der Waals surface area contributed by atoms with E-state index >= 15 is 0 Å². The zero-order valence-electron chi connectivity index (χ0n) is 19.2. The van der Waals surface area contributed by atoms with Crippen LogP contribution in [0.1, 0.15) is 36.9 Å². The fraction of sp³-hybridized carbons (Fsp3) is 0.476. The van der Waals surface area contributed by atoms with Crippen LogP contribution in [0, 0.1) is 6.92 Å². The third-order valence-corrected chi connectivity index (χ3v) is 6.23. The lowest BCUT2D eigenvalue weighted by Gasteiger charge is -2.34. The molecular formula is C21H29Cl3N10. The highest BCUT2D eigenvalue weighted by atomic mass is 35.5. The number of pyridine rings is 1. The van der Waals surface area contributed by atoms with E-state index in [1.807, 2.05) is 32.4 Å². The van der Waals surface area contributed by atoms with Gasteiger partial charge in [0.15, 0.2) is 11.6 Å². The highest BCUT2D eigenvalue weighted by Gasteiger charge is 2.27. The fourth-order valence-corrected chi connectivity index (χ4v) is 4.24. The lowest BCUT2D eigenvalue weighted by Crippen LogP contribution is -2.49. The molecule has 1 saturated carbocycles. The van der Waals surface area contributed by atoms with Gasteiger partial charge in [0.2, 0.25) is 5.95 Å². The minimum absolute atomic E-state index is 0. The van der Waals surface area contributed by atoms with Crippen molar-refractivity contribution in [2.24, 2.45) is 7.05 Å². The van der Waals surface area contributed by atoms with Gasteiger partial charge in [0, 0.05) is 32.7 Å². The normalized spacial score (nSPS) is 17.5. The lowest BCUT2D eigenvalue weighted by molar-refractivity contribution is 0.484. The van der Waals surface area contributed by atoms with Gasteiger partial charge in [-0.1, -0.05) is 16.8 Å². The quantitative estimate of drug-likeness (QED) is 0.439. The number of rotatable bonds is 6. The Morgan fingerprint density at radius 2 is 1.94 bits per heavy atom. The molecule has 0 spiro atoms. The van der Waals surface area contributed by atoms with Gasteiger partial charge in [-0.15, -0.1) is 29.9 Å². The summed E-state index contributed by atoms with van der Waals surface area (Å²) in [5, 5.41) is 18.9. The zero-order chi connectivity index (χ0) is 22.2. The number of nitrogens with one attached hydrogen (secondary N) is 3. The molecule has 1 atom stereocenters. The van der Waals surface area contributed by atoms with Gasteiger partial charge < -0.3 is 20.9 Å². The number of halogens is 3. The van der Waals surface area contributed by atoms with Crippen molar-refractivity contribution in [1.82, 2.24) is 35.3 Å². The lowest BCUT2D eigenvalue weighted by atomic mass is 10.1. The first-order valence-corrected chi connectivity index (χ1v) is 11.3. The molecule has 3 aromatic heterocycles. The average Bonchev–Trinajstić information content (AvgIpc) is 3.52. The molecule has 0 bridgehead atoms. The molecule has 0 radical (unpaired) electrons. The average molecular weight is 528 g/mol. The first-order valence-electron chi connectivity index (χ1n) is 10.9. The maximum absolute atomic E-state index is 6.48. The minimum atomic E-state index is 0. The summed E-state index contributed by atoms with van der Waals surface area (Å²) in [4.78, 5) is 16.2. The largest absolute Gasteiger partial charge is 0.364 e. The molecule has 10 nitrogen and oxygen atoms in total. The molecule has 5 rings (SSSR count). The number of hydrogen-bond acceptors (Lipinski definition) is 9. The van der Waals surface area contributed by atoms with Crippen LogP contribution in [-0.2, 0) is 7.05 Å². The van der Waals surface area contributed by atoms with E-state index in [4.69, 9.17) is 16.6 Å². The summed E-state index contributed by atoms with van der Waals surface area (Å²) in [7, 11) is 1.83. The molecule has 34 heavy (non-hydrogen) atoms. The smallest absolute Gasteiger partial charge is 0.230 e. The molecule has 1 aliphatic heterocycles. The Bertz CT molecular complexity index is 1130. The molecule has 1 saturated heterocycles. The Balaban J connectivity index is 0.00000162. The van der Waals surface area contributed by atoms with Gasteiger partial charge in [-0.3, -0.25) is 4.68 Å². The molecule has 1 aliphatic carbocycles. The van der Waals surface area contributed by atoms with Crippen LogP contribution < -0.4 is 20.9 Å². The Morgan fingerprint density at radius 3 is 2.62 bits per heavy atom. The second-order valence-electron chi connectivity index (χ2n) is 8.53. The number of piperazine rings is 1. The molecule has 184 valence electrons. The van der Waals surface area contributed by atoms with Gasteiger partial charge in [-0.05, 0) is 44.2 Å². The van der Waals surface area contributed by atoms with E-state index in [-0.39, 0.29) is 24.8 Å². The summed E-state index contributed by atoms with van der Waals surface area (Å²) in [5.74, 6) is 2.97. The van der Waals surface area contributed by atoms with E-state index in [0.29, 0.717) is 35.4 Å². The number of aryl methyl sites for hydroxylation is 2. The molecule has 1 unspecified atom stereocenters. The maximum Gasteiger partial charge on any atom is 0.230 e. The molecule has 3 aromatic rings. The van der Waals surface area contributed by atoms with Crippen LogP contribution in [0.3, 0.4) is 0 Å². The first-order chi connectivity index (χ1) is 15.5. The zero-order valence-corrected chi connectivity index (χ0v) is 21.6. The van der Waals surface area contributed by atoms with Crippen LogP contribution >= 0.6 is 36.4 Å². The van der Waals surface area contributed by atoms with Gasteiger partial charge in [0.05, 0.1) is 28.8 Å². The molecule has 2 aliphatic rings. The second-order valence-corrected chi connectivity index (χ2v) is 8.90. The molecule has 13 heteroatoms. The molecule has 2 fully saturated rings. The summed E-state index contributed by atoms with van der Waals surface area (Å²) < 4.78 is 1.65. The van der Waals surface area contributed by atoms with Crippen molar-refractivity contribution in [3.05, 3.63) is 34.7 Å². The van der Waals surface area contributed by atoms with E-state index in [1.165, 1.54) is 12.8 Å². The van der Waals surface area contributed by atoms with Crippen molar-refractivity contribution in [3.63, 3.8) is 0 Å². The highest BCUT2D eigenvalue weighted by molar-refractivity contribution is 6.32. The van der Waals surface area contributed by atoms with E-state index in [9.17, 15) is 0 Å². The number of nitrogens with zero attached hydrogens (tertiary/aromatic N) is 7. The third kappa shape index (κ3) is 5.80. The number of aromatic nitrogens is 6. The standard InChI is InChI=1S/C21H27ClN10.2ClH/c1-12-10-32(7-6-23-12)16-9-24-21(28-20(16)26-18-11-31(3)30-29-18)27-17-8-15(14-4-5-14)19(22)13(2)25-17;;/h8-9,11-12,14,23H,4-7,10H2,1-3H3,(H2,24,25,26,27,28);2*1H. The van der Waals surface area contributed by atoms with Crippen molar-refractivity contribution >= 4 is 65.5 Å². The van der Waals surface area contributed by atoms with E-state index in [1.54, 1.807) is 4.68 Å². The molecule has 0 aromatic carbocycles. The van der Waals surface area contributed by atoms with Crippen molar-refractivity contribution in [2.75, 3.05) is 35.2 Å². The molecule has 4 heterocycles. The van der Waals surface area contributed by atoms with Crippen LogP contribution in [0.5, 0.6) is 0 Å². The molecular weight excluding hydrogens is 499 g/mol. The Kier molecular flexibility index (Phi) is 8.40. The van der Waals surface area contributed by atoms with Crippen LogP contribution in [0.4, 0.5) is 29.1 Å². The van der Waals surface area contributed by atoms with Crippen molar-refractivity contribution < 1.29 is 0 Å². The number of hydrogen-bond donors (Lipinski definition) is 3. The van der Waals surface area contributed by atoms with Crippen molar-refractivity contribution in [2.45, 2.75) is 38.6 Å². The van der Waals surface area contributed by atoms with Crippen molar-refractivity contribution in [3.8, 4) is 0 Å². The van der Waals surface area contributed by atoms with Gasteiger partial charge in [0.25, 0.3) is 0 Å². The summed E-state index contributed by atoms with van der Waals surface area (Å²) in [6.07, 6.45) is 5.99. The van der Waals surface area contributed by atoms with E-state index < -0.39 is 0 Å². The summed E-state index contributed by atoms with van der Waals surface area (Å²) in [6, 6.07) is 2.39. The van der Waals surface area contributed by atoms with Crippen LogP contribution in [0.25, 0.3) is 0 Å². The van der Waals surface area contributed by atoms with Gasteiger partial charge in [0.1, 0.15) is 5.82 Å². The predicted molar refractivity (Wildman–Crippen MR) is 140 cm³/mol. The Hall–Kier alpha value is -2.40. The summed E-state index contributed by atoms with van der Waals surface area (Å²) in [6.45, 7) is 6.75. The minimum Gasteiger partial charge on any atom is -0.364 e. The molecule has 0 amide bonds. The topological polar surface area (TPSA) is 109 Å². The Morgan fingerprint density at radius 1 is 1.15 bits per heavy atom. The van der Waals surface area contributed by atoms with E-state index in [2.05, 4.69) is 48.1 Å². The predicted octanol–water partition coefficient (Wildman–Crippen LogP) is 3.97. The fourth-order valence-electron chi connectivity index (χ4n) is 3.99. The van der Waals surface area contributed by atoms with Crippen LogP contribution in [-0.4, -0.2) is 55.6 Å². The van der Waals surface area contributed by atoms with Gasteiger partial charge >= 0.3 is 0 Å². The summed E-state index contributed by atoms with van der Waals surface area (Å²) >= 11 is 6.48. The van der Waals surface area contributed by atoms with Crippen LogP contribution in [0.15, 0.2) is 18.5 Å². The first kappa shape index (κ1) is 26.2. The second kappa shape index (κ2) is 10.9. The molecule has 3 N–H and O–H groups in total. The Labute approximate surface area is 216 Å². The number of anilines is 5. The highest BCUT2D eigenvalue weighted by Crippen LogP contribution is 2.44. The summed E-state index contributed by atoms with van der Waals surface area (Å²) in [5.41, 5.74) is 2.88.